The summed E-state index contributed by atoms with van der Waals surface area (Å²) in [7, 11) is 0. The van der Waals surface area contributed by atoms with Gasteiger partial charge in [-0.2, -0.15) is 0 Å². The molecule has 1 nitrogen and oxygen atoms in total. The molecule has 0 bridgehead atoms. The maximum Gasteiger partial charge on any atom is 2.00 e. The summed E-state index contributed by atoms with van der Waals surface area (Å²) in [6.45, 7) is 0. The van der Waals surface area contributed by atoms with Gasteiger partial charge in [-0.15, -0.1) is 0 Å². The fourth-order valence-corrected chi connectivity index (χ4v) is 0. The van der Waals surface area contributed by atoms with Crippen LogP contribution in [0.25, 0.3) is 0 Å². The Balaban J connectivity index is 0. The molecule has 0 spiro atoms. The largest absolute Gasteiger partial charge is 2.00 e. The Morgan fingerprint density at radius 1 is 1.00 bits per heavy atom. The predicted octanol–water partition coefficient (Wildman–Crippen LogP) is -3.12. The molecule has 0 fully saturated rings. The normalized spacial score (nSPS) is 0. The Morgan fingerprint density at radius 2 is 1.00 bits per heavy atom. The molecule has 0 aliphatic heterocycles. The second kappa shape index (κ2) is 43.4. The third-order valence-corrected chi connectivity index (χ3v) is 0. The van der Waals surface area contributed by atoms with E-state index in [-0.39, 0.29) is 103 Å². The van der Waals surface area contributed by atoms with Crippen LogP contribution in [-0.4, -0.2) is 0 Å². The van der Waals surface area contributed by atoms with E-state index in [1.54, 1.807) is 0 Å². The Bertz CT molecular complexity index is 15.5. The summed E-state index contributed by atoms with van der Waals surface area (Å²) >= 11 is 0. The molecule has 0 aromatic carbocycles. The van der Waals surface area contributed by atoms with E-state index in [9.17, 15) is 0 Å². The van der Waals surface area contributed by atoms with Crippen LogP contribution < -0.4 is 29.6 Å². The fourth-order valence-electron chi connectivity index (χ4n) is 0. The van der Waals surface area contributed by atoms with Gasteiger partial charge in [0.25, 0.3) is 0 Å². The van der Waals surface area contributed by atoms with Gasteiger partial charge in [0.2, 0.25) is 0 Å². The summed E-state index contributed by atoms with van der Waals surface area (Å²) in [4.78, 5) is 0. The van der Waals surface area contributed by atoms with Crippen molar-refractivity contribution in [3.05, 3.63) is 0 Å². The van der Waals surface area contributed by atoms with Gasteiger partial charge in [0.15, 0.2) is 0 Å². The molecule has 0 saturated heterocycles. The third kappa shape index (κ3) is 27.9. The summed E-state index contributed by atoms with van der Waals surface area (Å²) in [5.74, 6) is 0. The van der Waals surface area contributed by atoms with Crippen molar-refractivity contribution in [2.24, 2.45) is 0 Å². The van der Waals surface area contributed by atoms with Crippen molar-refractivity contribution in [2.75, 3.05) is 0 Å². The van der Waals surface area contributed by atoms with Crippen molar-refractivity contribution in [1.82, 2.24) is 0 Å². The minimum absolute atomic E-state index is 0. The zero-order chi connectivity index (χ0) is 0. The topological polar surface area (TPSA) is 28.5 Å². The molecule has 0 rings (SSSR count). The van der Waals surface area contributed by atoms with Crippen LogP contribution in [0.1, 0.15) is 0 Å². The van der Waals surface area contributed by atoms with Gasteiger partial charge in [0.1, 0.15) is 0 Å². The molecule has 6 heavy (non-hydrogen) atoms. The van der Waals surface area contributed by atoms with Gasteiger partial charge in [-0.1, -0.05) is 0 Å². The van der Waals surface area contributed by atoms with E-state index >= 15 is 0 Å². The van der Waals surface area contributed by atoms with E-state index in [0.29, 0.717) is 0 Å². The molecule has 0 unspecified atom stereocenters. The maximum atomic E-state index is 0. The average Bonchev–Trinajstić information content (AvgIpc) is 0. The fraction of sp³-hybridized carbons (Fsp3) is 0. The van der Waals surface area contributed by atoms with Crippen molar-refractivity contribution in [2.45, 2.75) is 0 Å². The minimum Gasteiger partial charge on any atom is -2.00 e. The first-order valence-electron chi connectivity index (χ1n) is 0. The van der Waals surface area contributed by atoms with Crippen LogP contribution >= 0.6 is 0 Å². The second-order valence-electron chi connectivity index (χ2n) is 0. The van der Waals surface area contributed by atoms with Crippen LogP contribution in [0, 0.1) is 0 Å². The van der Waals surface area contributed by atoms with Crippen LogP contribution in [0.2, 0.25) is 0 Å². The average molecular weight is 272 g/mol. The van der Waals surface area contributed by atoms with Gasteiger partial charge in [-0.25, -0.2) is 0 Å². The van der Waals surface area contributed by atoms with Gasteiger partial charge in [-0.05, 0) is 0 Å². The molecule has 0 aliphatic rings. The van der Waals surface area contributed by atoms with Crippen molar-refractivity contribution < 1.29 is 103 Å². The quantitative estimate of drug-likeness (QED) is 0.417. The molecule has 6 heteroatoms. The molecule has 0 atom stereocenters. The van der Waals surface area contributed by atoms with Gasteiger partial charge < -0.3 is 5.48 Å². The zero-order valence-electron chi connectivity index (χ0n) is 2.76. The van der Waals surface area contributed by atoms with Crippen LogP contribution in [0.15, 0.2) is 0 Å². The molecule has 36 valence electrons. The van der Waals surface area contributed by atoms with E-state index in [0.717, 1.165) is 0 Å². The van der Waals surface area contributed by atoms with E-state index in [4.69, 9.17) is 0 Å². The standard InChI is InChI=1S/Cu.Fe.Mn.Na.Ni.O/q3*+2;+1;+2;-2. The van der Waals surface area contributed by atoms with Crippen LogP contribution in [-0.2, 0) is 73.2 Å². The number of hydrogen-bond acceptors (Lipinski definition) is 0. The van der Waals surface area contributed by atoms with Gasteiger partial charge >= 0.3 is 97.3 Å². The molecule has 0 saturated carbocycles. The first-order chi connectivity index (χ1) is 0. The van der Waals surface area contributed by atoms with Gasteiger partial charge in [-0.3, -0.25) is 0 Å². The molecule has 0 amide bonds. The summed E-state index contributed by atoms with van der Waals surface area (Å²) in [5.41, 5.74) is 0. The van der Waals surface area contributed by atoms with Gasteiger partial charge in [0.05, 0.1) is 0 Å². The van der Waals surface area contributed by atoms with Crippen molar-refractivity contribution >= 4 is 0 Å². The van der Waals surface area contributed by atoms with Gasteiger partial charge in [0, 0.05) is 0 Å². The number of rotatable bonds is 0. The summed E-state index contributed by atoms with van der Waals surface area (Å²) in [6.07, 6.45) is 0. The zero-order valence-corrected chi connectivity index (χ0v) is 8.97. The van der Waals surface area contributed by atoms with Crippen molar-refractivity contribution in [3.8, 4) is 0 Å². The summed E-state index contributed by atoms with van der Waals surface area (Å²) in [6, 6.07) is 0. The monoisotopic (exact) mass is 271 g/mol. The summed E-state index contributed by atoms with van der Waals surface area (Å²) in [5, 5.41) is 0. The molecule has 0 aromatic heterocycles. The molecule has 0 N–H and O–H groups in total. The first-order valence-corrected chi connectivity index (χ1v) is 0. The molecule has 0 aliphatic carbocycles. The van der Waals surface area contributed by atoms with Crippen LogP contribution in [0.4, 0.5) is 0 Å². The minimum atomic E-state index is 0. The molecule has 2 radical (unpaired) electrons. The Labute approximate surface area is 101 Å². The van der Waals surface area contributed by atoms with Crippen LogP contribution in [0.5, 0.6) is 0 Å². The Kier molecular flexibility index (Phi) is 461. The summed E-state index contributed by atoms with van der Waals surface area (Å²) < 4.78 is 0. The van der Waals surface area contributed by atoms with Crippen molar-refractivity contribution in [3.63, 3.8) is 0 Å². The smallest absolute Gasteiger partial charge is 2.00 e. The first kappa shape index (κ1) is 63.8. The number of hydrogen-bond donors (Lipinski definition) is 0. The van der Waals surface area contributed by atoms with Crippen molar-refractivity contribution in [1.29, 1.82) is 0 Å². The third-order valence-electron chi connectivity index (χ3n) is 0. The Hall–Kier alpha value is 3.01. The predicted molar refractivity (Wildman–Crippen MR) is 0.686 cm³/mol. The Morgan fingerprint density at radius 3 is 1.00 bits per heavy atom. The molecule has 0 heterocycles. The van der Waals surface area contributed by atoms with E-state index < -0.39 is 0 Å². The molecular weight excluding hydrogens is 272 g/mol. The molecule has 0 aromatic rings. The van der Waals surface area contributed by atoms with Crippen LogP contribution in [0.3, 0.4) is 0 Å². The van der Waals surface area contributed by atoms with E-state index in [1.165, 1.54) is 0 Å². The molecular formula is CuFeMnNaNiO+7. The maximum absolute atomic E-state index is 0. The van der Waals surface area contributed by atoms with E-state index in [2.05, 4.69) is 0 Å². The SMILES string of the molecule is [Cu+2].[Fe+2].[Mn+2].[Na+].[Ni+2].[O-2]. The van der Waals surface area contributed by atoms with E-state index in [1.807, 2.05) is 0 Å². The second-order valence-corrected chi connectivity index (χ2v) is 0.